The summed E-state index contributed by atoms with van der Waals surface area (Å²) in [5, 5.41) is 8.66. The van der Waals surface area contributed by atoms with E-state index in [0.717, 1.165) is 0 Å². The molecule has 0 bridgehead atoms. The van der Waals surface area contributed by atoms with Crippen LogP contribution in [0.5, 0.6) is 0 Å². The van der Waals surface area contributed by atoms with E-state index in [1.165, 1.54) is 17.1 Å². The Morgan fingerprint density at radius 2 is 2.06 bits per heavy atom. The molecule has 6 nitrogen and oxygen atoms in total. The van der Waals surface area contributed by atoms with Gasteiger partial charge in [-0.1, -0.05) is 0 Å². The summed E-state index contributed by atoms with van der Waals surface area (Å²) in [6.45, 7) is 5.23. The van der Waals surface area contributed by atoms with Crippen molar-refractivity contribution >= 4 is 11.9 Å². The maximum atomic E-state index is 11.7. The Bertz CT molecular complexity index is 382. The molecule has 1 aromatic heterocycles. The minimum absolute atomic E-state index is 0.0423. The fourth-order valence-electron chi connectivity index (χ4n) is 1.39. The Morgan fingerprint density at radius 3 is 2.50 bits per heavy atom. The molecule has 0 aliphatic heterocycles. The van der Waals surface area contributed by atoms with Crippen molar-refractivity contribution < 1.29 is 14.7 Å². The highest BCUT2D eigenvalue weighted by atomic mass is 16.4. The fourth-order valence-corrected chi connectivity index (χ4v) is 1.39. The largest absolute Gasteiger partial charge is 0.476 e. The van der Waals surface area contributed by atoms with Gasteiger partial charge in [0.15, 0.2) is 5.69 Å². The molecule has 1 aromatic rings. The molecule has 0 aliphatic carbocycles. The predicted molar refractivity (Wildman–Crippen MR) is 57.1 cm³/mol. The SMILES string of the molecule is CCN(CC)C(=O)Cn1cnc(C(=O)O)c1. The van der Waals surface area contributed by atoms with E-state index in [1.807, 2.05) is 13.8 Å². The number of carbonyl (C=O) groups is 2. The molecule has 16 heavy (non-hydrogen) atoms. The number of carbonyl (C=O) groups excluding carboxylic acids is 1. The number of rotatable bonds is 5. The van der Waals surface area contributed by atoms with Crippen LogP contribution in [0, 0.1) is 0 Å². The van der Waals surface area contributed by atoms with Gasteiger partial charge in [0.25, 0.3) is 0 Å². The summed E-state index contributed by atoms with van der Waals surface area (Å²) in [6.07, 6.45) is 2.70. The average molecular weight is 225 g/mol. The van der Waals surface area contributed by atoms with Gasteiger partial charge in [-0.15, -0.1) is 0 Å². The highest BCUT2D eigenvalue weighted by Gasteiger charge is 2.12. The van der Waals surface area contributed by atoms with Gasteiger partial charge in [-0.25, -0.2) is 9.78 Å². The van der Waals surface area contributed by atoms with Gasteiger partial charge in [-0.3, -0.25) is 4.79 Å². The third-order valence-corrected chi connectivity index (χ3v) is 2.29. The van der Waals surface area contributed by atoms with Crippen molar-refractivity contribution in [3.05, 3.63) is 18.2 Å². The third-order valence-electron chi connectivity index (χ3n) is 2.29. The topological polar surface area (TPSA) is 75.4 Å². The van der Waals surface area contributed by atoms with Crippen molar-refractivity contribution in [1.29, 1.82) is 0 Å². The zero-order chi connectivity index (χ0) is 12.1. The summed E-state index contributed by atoms with van der Waals surface area (Å²) in [6, 6.07) is 0. The number of aromatic nitrogens is 2. The molecular weight excluding hydrogens is 210 g/mol. The van der Waals surface area contributed by atoms with E-state index in [2.05, 4.69) is 4.98 Å². The van der Waals surface area contributed by atoms with Gasteiger partial charge in [-0.05, 0) is 13.8 Å². The normalized spacial score (nSPS) is 10.1. The Kier molecular flexibility index (Phi) is 4.04. The van der Waals surface area contributed by atoms with Crippen molar-refractivity contribution in [3.8, 4) is 0 Å². The van der Waals surface area contributed by atoms with Crippen LogP contribution in [0.25, 0.3) is 0 Å². The summed E-state index contributed by atoms with van der Waals surface area (Å²) >= 11 is 0. The lowest BCUT2D eigenvalue weighted by atomic mass is 10.4. The van der Waals surface area contributed by atoms with Crippen LogP contribution >= 0.6 is 0 Å². The Hall–Kier alpha value is -1.85. The van der Waals surface area contributed by atoms with E-state index in [-0.39, 0.29) is 18.1 Å². The fraction of sp³-hybridized carbons (Fsp3) is 0.500. The van der Waals surface area contributed by atoms with Gasteiger partial charge in [0.2, 0.25) is 5.91 Å². The van der Waals surface area contributed by atoms with Crippen LogP contribution in [-0.2, 0) is 11.3 Å². The van der Waals surface area contributed by atoms with Crippen molar-refractivity contribution in [2.45, 2.75) is 20.4 Å². The maximum absolute atomic E-state index is 11.7. The lowest BCUT2D eigenvalue weighted by Crippen LogP contribution is -2.33. The molecule has 0 fully saturated rings. The van der Waals surface area contributed by atoms with Crippen LogP contribution in [-0.4, -0.2) is 44.5 Å². The number of carboxylic acid groups (broad SMARTS) is 1. The van der Waals surface area contributed by atoms with Gasteiger partial charge in [-0.2, -0.15) is 0 Å². The summed E-state index contributed by atoms with van der Waals surface area (Å²) in [7, 11) is 0. The van der Waals surface area contributed by atoms with E-state index in [4.69, 9.17) is 5.11 Å². The molecule has 88 valence electrons. The van der Waals surface area contributed by atoms with Crippen LogP contribution < -0.4 is 0 Å². The third kappa shape index (κ3) is 2.82. The monoisotopic (exact) mass is 225 g/mol. The number of aromatic carboxylic acids is 1. The minimum Gasteiger partial charge on any atom is -0.476 e. The van der Waals surface area contributed by atoms with E-state index in [1.54, 1.807) is 4.90 Å². The molecule has 1 rings (SSSR count). The lowest BCUT2D eigenvalue weighted by molar-refractivity contribution is -0.131. The first-order valence-electron chi connectivity index (χ1n) is 5.11. The summed E-state index contributed by atoms with van der Waals surface area (Å²) in [5.41, 5.74) is -0.0488. The van der Waals surface area contributed by atoms with Crippen LogP contribution in [0.4, 0.5) is 0 Å². The summed E-state index contributed by atoms with van der Waals surface area (Å²) in [5.74, 6) is -1.13. The molecule has 0 atom stereocenters. The van der Waals surface area contributed by atoms with E-state index >= 15 is 0 Å². The Morgan fingerprint density at radius 1 is 1.44 bits per heavy atom. The summed E-state index contributed by atoms with van der Waals surface area (Å²) < 4.78 is 1.48. The highest BCUT2D eigenvalue weighted by molar-refractivity contribution is 5.85. The number of hydrogen-bond acceptors (Lipinski definition) is 3. The molecule has 0 aromatic carbocycles. The van der Waals surface area contributed by atoms with Gasteiger partial charge in [0.1, 0.15) is 6.54 Å². The molecule has 0 unspecified atom stereocenters. The Balaban J connectivity index is 2.65. The molecule has 0 saturated carbocycles. The second-order valence-electron chi connectivity index (χ2n) is 3.30. The second-order valence-corrected chi connectivity index (χ2v) is 3.30. The lowest BCUT2D eigenvalue weighted by Gasteiger charge is -2.18. The predicted octanol–water partition coefficient (Wildman–Crippen LogP) is 0.450. The number of likely N-dealkylation sites (N-methyl/N-ethyl adjacent to an activating group) is 1. The number of carboxylic acids is 1. The van der Waals surface area contributed by atoms with Crippen LogP contribution in [0.15, 0.2) is 12.5 Å². The molecule has 6 heteroatoms. The standard InChI is InChI=1S/C10H15N3O3/c1-3-13(4-2)9(14)6-12-5-8(10(15)16)11-7-12/h5,7H,3-4,6H2,1-2H3,(H,15,16). The van der Waals surface area contributed by atoms with Crippen molar-refractivity contribution in [2.75, 3.05) is 13.1 Å². The number of hydrogen-bond donors (Lipinski definition) is 1. The molecule has 0 saturated heterocycles. The smallest absolute Gasteiger partial charge is 0.356 e. The molecule has 1 amide bonds. The van der Waals surface area contributed by atoms with Crippen LogP contribution in [0.2, 0.25) is 0 Å². The molecule has 0 radical (unpaired) electrons. The quantitative estimate of drug-likeness (QED) is 0.789. The average Bonchev–Trinajstić information content (AvgIpc) is 2.68. The first-order chi connectivity index (χ1) is 7.58. The van der Waals surface area contributed by atoms with E-state index in [0.29, 0.717) is 13.1 Å². The molecule has 0 spiro atoms. The number of nitrogens with zero attached hydrogens (tertiary/aromatic N) is 3. The molecule has 0 aliphatic rings. The number of imidazole rings is 1. The first kappa shape index (κ1) is 12.2. The molecule has 1 heterocycles. The van der Waals surface area contributed by atoms with E-state index < -0.39 is 5.97 Å². The van der Waals surface area contributed by atoms with Crippen molar-refractivity contribution in [2.24, 2.45) is 0 Å². The number of amides is 1. The summed E-state index contributed by atoms with van der Waals surface area (Å²) in [4.78, 5) is 27.6. The second kappa shape index (κ2) is 5.29. The highest BCUT2D eigenvalue weighted by Crippen LogP contribution is 1.98. The van der Waals surface area contributed by atoms with Gasteiger partial charge in [0.05, 0.1) is 6.33 Å². The van der Waals surface area contributed by atoms with Gasteiger partial charge < -0.3 is 14.6 Å². The van der Waals surface area contributed by atoms with Crippen molar-refractivity contribution in [3.63, 3.8) is 0 Å². The molecule has 1 N–H and O–H groups in total. The first-order valence-corrected chi connectivity index (χ1v) is 5.11. The van der Waals surface area contributed by atoms with Crippen LogP contribution in [0.3, 0.4) is 0 Å². The minimum atomic E-state index is -1.09. The zero-order valence-corrected chi connectivity index (χ0v) is 9.38. The Labute approximate surface area is 93.5 Å². The van der Waals surface area contributed by atoms with Crippen LogP contribution in [0.1, 0.15) is 24.3 Å². The maximum Gasteiger partial charge on any atom is 0.356 e. The van der Waals surface area contributed by atoms with E-state index in [9.17, 15) is 9.59 Å². The van der Waals surface area contributed by atoms with Crippen molar-refractivity contribution in [1.82, 2.24) is 14.5 Å². The zero-order valence-electron chi connectivity index (χ0n) is 9.38. The van der Waals surface area contributed by atoms with Gasteiger partial charge >= 0.3 is 5.97 Å². The molecular formula is C10H15N3O3. The van der Waals surface area contributed by atoms with Gasteiger partial charge in [0, 0.05) is 19.3 Å².